The summed E-state index contributed by atoms with van der Waals surface area (Å²) in [6.45, 7) is -0.648. The number of carbonyl (C=O) groups excluding carboxylic acids is 1. The third kappa shape index (κ3) is 4.25. The monoisotopic (exact) mass is 268 g/mol. The highest BCUT2D eigenvalue weighted by atomic mass is 16.4. The molecule has 0 spiro atoms. The molecule has 0 aliphatic heterocycles. The molecule has 0 aromatic rings. The van der Waals surface area contributed by atoms with Crippen LogP contribution in [0.5, 0.6) is 0 Å². The van der Waals surface area contributed by atoms with E-state index in [0.717, 1.165) is 6.92 Å². The van der Waals surface area contributed by atoms with Gasteiger partial charge in [0.15, 0.2) is 5.78 Å². The smallest absolute Gasteiger partial charge is 0.167 e. The van der Waals surface area contributed by atoms with Crippen LogP contribution in [0.4, 0.5) is 0 Å². The molecule has 8 nitrogen and oxygen atoms in total. The van der Waals surface area contributed by atoms with Crippen LogP contribution in [-0.2, 0) is 4.79 Å². The summed E-state index contributed by atoms with van der Waals surface area (Å²) in [6.07, 6.45) is -7.76. The number of hydrogen-bond donors (Lipinski definition) is 7. The standard InChI is InChI=1S/C10H20O8/c1-10(18,9(17)7(15)4-12)8(16)6(14)2-5(13)3-11/h5,7-9,11-13,15-18H,2-4H2,1H3/t5?,7-,8+,9-,10-/m1/s1. The largest absolute Gasteiger partial charge is 0.394 e. The van der Waals surface area contributed by atoms with E-state index in [2.05, 4.69) is 0 Å². The van der Waals surface area contributed by atoms with Gasteiger partial charge < -0.3 is 35.7 Å². The molecule has 0 fully saturated rings. The molecule has 0 saturated carbocycles. The lowest BCUT2D eigenvalue weighted by Gasteiger charge is -2.34. The Bertz CT molecular complexity index is 267. The average Bonchev–Trinajstić information content (AvgIpc) is 2.35. The molecule has 1 unspecified atom stereocenters. The van der Waals surface area contributed by atoms with Crippen LogP contribution in [-0.4, -0.2) is 84.8 Å². The fraction of sp³-hybridized carbons (Fsp3) is 0.900. The van der Waals surface area contributed by atoms with E-state index >= 15 is 0 Å². The second-order valence-electron chi connectivity index (χ2n) is 4.33. The highest BCUT2D eigenvalue weighted by Gasteiger charge is 2.45. The molecule has 0 bridgehead atoms. The normalized spacial score (nSPS) is 21.8. The lowest BCUT2D eigenvalue weighted by atomic mass is 9.85. The molecule has 108 valence electrons. The van der Waals surface area contributed by atoms with Gasteiger partial charge in [0.05, 0.1) is 19.3 Å². The second-order valence-corrected chi connectivity index (χ2v) is 4.33. The fourth-order valence-electron chi connectivity index (χ4n) is 1.39. The van der Waals surface area contributed by atoms with Gasteiger partial charge in [-0.2, -0.15) is 0 Å². The number of aliphatic hydroxyl groups is 7. The molecule has 8 heteroatoms. The lowest BCUT2D eigenvalue weighted by Crippen LogP contribution is -2.58. The molecular formula is C10H20O8. The highest BCUT2D eigenvalue weighted by Crippen LogP contribution is 2.20. The van der Waals surface area contributed by atoms with Crippen LogP contribution in [0.15, 0.2) is 0 Å². The van der Waals surface area contributed by atoms with Crippen LogP contribution in [0, 0.1) is 0 Å². The van der Waals surface area contributed by atoms with Gasteiger partial charge in [0.1, 0.15) is 23.9 Å². The minimum atomic E-state index is -2.39. The van der Waals surface area contributed by atoms with Crippen molar-refractivity contribution in [2.75, 3.05) is 13.2 Å². The summed E-state index contributed by atoms with van der Waals surface area (Å²) in [5, 5.41) is 64.1. The number of ketones is 1. The molecule has 0 radical (unpaired) electrons. The van der Waals surface area contributed by atoms with Crippen LogP contribution < -0.4 is 0 Å². The molecule has 0 heterocycles. The van der Waals surface area contributed by atoms with Crippen molar-refractivity contribution >= 4 is 5.78 Å². The molecule has 5 atom stereocenters. The van der Waals surface area contributed by atoms with Crippen molar-refractivity contribution in [1.29, 1.82) is 0 Å². The zero-order chi connectivity index (χ0) is 14.5. The fourth-order valence-corrected chi connectivity index (χ4v) is 1.39. The summed E-state index contributed by atoms with van der Waals surface area (Å²) in [5.74, 6) is -1.01. The Balaban J connectivity index is 4.73. The summed E-state index contributed by atoms with van der Waals surface area (Å²) in [6, 6.07) is 0. The molecule has 7 N–H and O–H groups in total. The van der Waals surface area contributed by atoms with E-state index in [1.807, 2.05) is 0 Å². The topological polar surface area (TPSA) is 159 Å². The van der Waals surface area contributed by atoms with Gasteiger partial charge >= 0.3 is 0 Å². The molecular weight excluding hydrogens is 248 g/mol. The number of Topliss-reactive ketones (excluding diaryl/α,β-unsaturated/α-hetero) is 1. The minimum Gasteiger partial charge on any atom is -0.394 e. The van der Waals surface area contributed by atoms with Gasteiger partial charge in [0.25, 0.3) is 0 Å². The summed E-state index contributed by atoms with van der Waals surface area (Å²) in [4.78, 5) is 11.4. The Labute approximate surface area is 104 Å². The van der Waals surface area contributed by atoms with Gasteiger partial charge in [0.2, 0.25) is 0 Å². The Morgan fingerprint density at radius 1 is 1.11 bits per heavy atom. The van der Waals surface area contributed by atoms with Gasteiger partial charge in [-0.05, 0) is 6.92 Å². The van der Waals surface area contributed by atoms with Crippen molar-refractivity contribution < 1.29 is 40.5 Å². The number of rotatable bonds is 8. The highest BCUT2D eigenvalue weighted by molar-refractivity contribution is 5.84. The Kier molecular flexibility index (Phi) is 6.86. The van der Waals surface area contributed by atoms with E-state index in [-0.39, 0.29) is 0 Å². The van der Waals surface area contributed by atoms with Crippen molar-refractivity contribution in [3.05, 3.63) is 0 Å². The zero-order valence-corrected chi connectivity index (χ0v) is 9.97. The minimum absolute atomic E-state index is 0.615. The SMILES string of the molecule is C[C@](O)([C@H](O)[C@H](O)CO)[C@@H](O)C(=O)CC(O)CO. The predicted molar refractivity (Wildman–Crippen MR) is 58.4 cm³/mol. The molecule has 0 aliphatic carbocycles. The van der Waals surface area contributed by atoms with Crippen molar-refractivity contribution in [2.45, 2.75) is 43.4 Å². The van der Waals surface area contributed by atoms with Crippen molar-refractivity contribution in [2.24, 2.45) is 0 Å². The molecule has 18 heavy (non-hydrogen) atoms. The van der Waals surface area contributed by atoms with E-state index in [1.54, 1.807) is 0 Å². The third-order valence-corrected chi connectivity index (χ3v) is 2.66. The van der Waals surface area contributed by atoms with Gasteiger partial charge in [-0.15, -0.1) is 0 Å². The quantitative estimate of drug-likeness (QED) is 0.235. The molecule has 0 aromatic carbocycles. The molecule has 0 aromatic heterocycles. The Morgan fingerprint density at radius 3 is 2.00 bits per heavy atom. The van der Waals surface area contributed by atoms with Crippen LogP contribution in [0.3, 0.4) is 0 Å². The summed E-state index contributed by atoms with van der Waals surface area (Å²) in [7, 11) is 0. The van der Waals surface area contributed by atoms with E-state index in [4.69, 9.17) is 20.4 Å². The van der Waals surface area contributed by atoms with Crippen molar-refractivity contribution in [1.82, 2.24) is 0 Å². The van der Waals surface area contributed by atoms with Crippen LogP contribution in [0.2, 0.25) is 0 Å². The first-order valence-corrected chi connectivity index (χ1v) is 5.37. The Morgan fingerprint density at radius 2 is 1.61 bits per heavy atom. The first-order chi connectivity index (χ1) is 8.18. The number of hydrogen-bond acceptors (Lipinski definition) is 8. The average molecular weight is 268 g/mol. The Hall–Kier alpha value is -0.610. The van der Waals surface area contributed by atoms with Crippen LogP contribution >= 0.6 is 0 Å². The lowest BCUT2D eigenvalue weighted by molar-refractivity contribution is -0.181. The predicted octanol–water partition coefficient (Wildman–Crippen LogP) is -3.88. The second kappa shape index (κ2) is 7.10. The summed E-state index contributed by atoms with van der Waals surface area (Å²) < 4.78 is 0. The first-order valence-electron chi connectivity index (χ1n) is 5.37. The van der Waals surface area contributed by atoms with Crippen molar-refractivity contribution in [3.8, 4) is 0 Å². The maximum atomic E-state index is 11.4. The molecule has 0 rings (SSSR count). The van der Waals surface area contributed by atoms with E-state index in [1.165, 1.54) is 0 Å². The van der Waals surface area contributed by atoms with E-state index < -0.39 is 55.4 Å². The van der Waals surface area contributed by atoms with Crippen LogP contribution in [0.1, 0.15) is 13.3 Å². The molecule has 0 amide bonds. The number of aliphatic hydroxyl groups excluding tert-OH is 6. The third-order valence-electron chi connectivity index (χ3n) is 2.66. The summed E-state index contributed by atoms with van der Waals surface area (Å²) >= 11 is 0. The van der Waals surface area contributed by atoms with E-state index in [9.17, 15) is 20.1 Å². The van der Waals surface area contributed by atoms with Gasteiger partial charge in [0, 0.05) is 6.42 Å². The number of carbonyl (C=O) groups is 1. The maximum absolute atomic E-state index is 11.4. The van der Waals surface area contributed by atoms with Gasteiger partial charge in [-0.1, -0.05) is 0 Å². The van der Waals surface area contributed by atoms with E-state index in [0.29, 0.717) is 0 Å². The van der Waals surface area contributed by atoms with Gasteiger partial charge in [-0.3, -0.25) is 4.79 Å². The van der Waals surface area contributed by atoms with Crippen LogP contribution in [0.25, 0.3) is 0 Å². The summed E-state index contributed by atoms with van der Waals surface area (Å²) in [5.41, 5.74) is -2.39. The van der Waals surface area contributed by atoms with Gasteiger partial charge in [-0.25, -0.2) is 0 Å². The first kappa shape index (κ1) is 17.4. The molecule has 0 saturated heterocycles. The van der Waals surface area contributed by atoms with Crippen molar-refractivity contribution in [3.63, 3.8) is 0 Å². The zero-order valence-electron chi connectivity index (χ0n) is 9.97. The maximum Gasteiger partial charge on any atom is 0.167 e. The molecule has 0 aliphatic rings.